The Bertz CT molecular complexity index is 1170. The molecule has 1 saturated heterocycles. The van der Waals surface area contributed by atoms with Crippen LogP contribution in [-0.2, 0) is 0 Å². The van der Waals surface area contributed by atoms with E-state index in [2.05, 4.69) is 16.0 Å². The summed E-state index contributed by atoms with van der Waals surface area (Å²) in [5.41, 5.74) is 5.13. The third kappa shape index (κ3) is 3.15. The van der Waals surface area contributed by atoms with E-state index in [-0.39, 0.29) is 6.03 Å². The molecule has 0 spiro atoms. The van der Waals surface area contributed by atoms with Gasteiger partial charge in [0.05, 0.1) is 23.1 Å². The fraction of sp³-hybridized carbons (Fsp3) is 0.0435. The summed E-state index contributed by atoms with van der Waals surface area (Å²) in [7, 11) is 0. The molecule has 1 unspecified atom stereocenters. The Kier molecular flexibility index (Phi) is 4.30. The minimum atomic E-state index is -0.451. The molecule has 3 aromatic rings. The van der Waals surface area contributed by atoms with Gasteiger partial charge in [-0.2, -0.15) is 0 Å². The van der Waals surface area contributed by atoms with E-state index in [4.69, 9.17) is 16.6 Å². The van der Waals surface area contributed by atoms with Crippen molar-refractivity contribution in [3.63, 3.8) is 0 Å². The first-order chi connectivity index (χ1) is 14.2. The number of carbonyl (C=O) groups is 1. The molecule has 0 saturated carbocycles. The van der Waals surface area contributed by atoms with Crippen molar-refractivity contribution in [1.82, 2.24) is 10.6 Å². The Hall–Kier alpha value is -3.57. The number of amidine groups is 1. The van der Waals surface area contributed by atoms with Crippen molar-refractivity contribution in [3.05, 3.63) is 101 Å². The largest absolute Gasteiger partial charge is 0.353 e. The van der Waals surface area contributed by atoms with E-state index in [1.807, 2.05) is 78.9 Å². The number of fused-ring (bicyclic) bond motifs is 2. The first kappa shape index (κ1) is 17.5. The average molecular weight is 401 g/mol. The van der Waals surface area contributed by atoms with Gasteiger partial charge < -0.3 is 10.6 Å². The van der Waals surface area contributed by atoms with Crippen molar-refractivity contribution >= 4 is 40.5 Å². The third-order valence-electron chi connectivity index (χ3n) is 5.00. The SMILES string of the molecule is O=C1NC2=Nc3ccccc3NC(c3ccccc3)=C2C(c2ccccc2Cl)N1. The van der Waals surface area contributed by atoms with Gasteiger partial charge in [-0.05, 0) is 29.3 Å². The zero-order valence-corrected chi connectivity index (χ0v) is 16.1. The summed E-state index contributed by atoms with van der Waals surface area (Å²) < 4.78 is 0. The smallest absolute Gasteiger partial charge is 0.321 e. The second-order valence-corrected chi connectivity index (χ2v) is 7.22. The molecule has 2 heterocycles. The van der Waals surface area contributed by atoms with Crippen LogP contribution in [0.25, 0.3) is 5.70 Å². The van der Waals surface area contributed by atoms with Gasteiger partial charge in [0, 0.05) is 10.6 Å². The molecule has 142 valence electrons. The van der Waals surface area contributed by atoms with Crippen molar-refractivity contribution in [2.45, 2.75) is 6.04 Å². The molecule has 0 radical (unpaired) electrons. The molecule has 3 aromatic carbocycles. The van der Waals surface area contributed by atoms with E-state index in [0.29, 0.717) is 10.9 Å². The maximum Gasteiger partial charge on any atom is 0.321 e. The van der Waals surface area contributed by atoms with Crippen molar-refractivity contribution in [2.75, 3.05) is 5.32 Å². The first-order valence-electron chi connectivity index (χ1n) is 9.27. The standard InChI is InChI=1S/C23H17ClN4O/c24-16-11-5-4-10-15(16)21-19-20(14-8-2-1-3-9-14)25-17-12-6-7-13-18(17)26-22(19)28-23(29)27-21/h1-13,21,25H,(H2,26,27,28,29). The lowest BCUT2D eigenvalue weighted by molar-refractivity contribution is 0.241. The molecule has 2 amide bonds. The zero-order chi connectivity index (χ0) is 19.8. The normalized spacial score (nSPS) is 17.8. The molecule has 1 fully saturated rings. The van der Waals surface area contributed by atoms with Gasteiger partial charge in [-0.15, -0.1) is 0 Å². The van der Waals surface area contributed by atoms with Crippen LogP contribution in [0, 0.1) is 0 Å². The maximum absolute atomic E-state index is 12.5. The van der Waals surface area contributed by atoms with Gasteiger partial charge in [-0.1, -0.05) is 72.3 Å². The van der Waals surface area contributed by atoms with Gasteiger partial charge >= 0.3 is 6.03 Å². The topological polar surface area (TPSA) is 65.5 Å². The Labute approximate surface area is 173 Å². The molecule has 3 N–H and O–H groups in total. The summed E-state index contributed by atoms with van der Waals surface area (Å²) in [6.07, 6.45) is 0. The Morgan fingerprint density at radius 1 is 0.828 bits per heavy atom. The van der Waals surface area contributed by atoms with Gasteiger partial charge in [-0.3, -0.25) is 5.32 Å². The number of halogens is 1. The van der Waals surface area contributed by atoms with E-state index >= 15 is 0 Å². The van der Waals surface area contributed by atoms with Crippen molar-refractivity contribution in [3.8, 4) is 0 Å². The lowest BCUT2D eigenvalue weighted by atomic mass is 9.92. The minimum absolute atomic E-state index is 0.316. The molecular formula is C23H17ClN4O. The van der Waals surface area contributed by atoms with Gasteiger partial charge in [0.1, 0.15) is 5.84 Å². The number of hydrogen-bond donors (Lipinski definition) is 3. The highest BCUT2D eigenvalue weighted by Gasteiger charge is 2.35. The number of para-hydroxylation sites is 2. The van der Waals surface area contributed by atoms with E-state index in [1.54, 1.807) is 0 Å². The van der Waals surface area contributed by atoms with E-state index in [1.165, 1.54) is 0 Å². The summed E-state index contributed by atoms with van der Waals surface area (Å²) >= 11 is 6.51. The lowest BCUT2D eigenvalue weighted by Gasteiger charge is -2.31. The monoisotopic (exact) mass is 400 g/mol. The number of nitrogens with zero attached hydrogens (tertiary/aromatic N) is 1. The molecule has 6 heteroatoms. The number of carbonyl (C=O) groups excluding carboxylic acids is 1. The molecule has 1 atom stereocenters. The molecule has 5 rings (SSSR count). The number of nitrogens with one attached hydrogen (secondary N) is 3. The summed E-state index contributed by atoms with van der Waals surface area (Å²) in [6.45, 7) is 0. The van der Waals surface area contributed by atoms with Crippen LogP contribution >= 0.6 is 11.6 Å². The molecule has 0 aliphatic carbocycles. The van der Waals surface area contributed by atoms with Crippen LogP contribution in [-0.4, -0.2) is 11.9 Å². The first-order valence-corrected chi connectivity index (χ1v) is 9.65. The van der Waals surface area contributed by atoms with Crippen LogP contribution in [0.5, 0.6) is 0 Å². The number of amides is 2. The number of benzene rings is 3. The van der Waals surface area contributed by atoms with Crippen LogP contribution in [0.3, 0.4) is 0 Å². The van der Waals surface area contributed by atoms with Crippen LogP contribution in [0.4, 0.5) is 16.2 Å². The van der Waals surface area contributed by atoms with E-state index in [9.17, 15) is 4.79 Å². The predicted octanol–water partition coefficient (Wildman–Crippen LogP) is 5.26. The van der Waals surface area contributed by atoms with Gasteiger partial charge in [0.15, 0.2) is 0 Å². The van der Waals surface area contributed by atoms with Crippen molar-refractivity contribution < 1.29 is 4.79 Å². The molecule has 2 aliphatic rings. The Morgan fingerprint density at radius 3 is 2.38 bits per heavy atom. The van der Waals surface area contributed by atoms with Crippen LogP contribution in [0.1, 0.15) is 17.2 Å². The second kappa shape index (κ2) is 7.11. The highest BCUT2D eigenvalue weighted by atomic mass is 35.5. The Morgan fingerprint density at radius 2 is 1.55 bits per heavy atom. The zero-order valence-electron chi connectivity index (χ0n) is 15.3. The van der Waals surface area contributed by atoms with Crippen molar-refractivity contribution in [2.24, 2.45) is 4.99 Å². The molecule has 0 aromatic heterocycles. The summed E-state index contributed by atoms with van der Waals surface area (Å²) in [5.74, 6) is 0.509. The molecule has 2 aliphatic heterocycles. The third-order valence-corrected chi connectivity index (χ3v) is 5.34. The number of aliphatic imine (C=N–C) groups is 1. The quantitative estimate of drug-likeness (QED) is 0.549. The van der Waals surface area contributed by atoms with Crippen LogP contribution in [0.15, 0.2) is 89.4 Å². The van der Waals surface area contributed by atoms with E-state index < -0.39 is 6.04 Å². The number of urea groups is 1. The summed E-state index contributed by atoms with van der Waals surface area (Å²) in [5, 5.41) is 10.0. The fourth-order valence-electron chi connectivity index (χ4n) is 3.68. The summed E-state index contributed by atoms with van der Waals surface area (Å²) in [4.78, 5) is 17.3. The lowest BCUT2D eigenvalue weighted by Crippen LogP contribution is -2.50. The molecular weight excluding hydrogens is 384 g/mol. The van der Waals surface area contributed by atoms with Crippen LogP contribution < -0.4 is 16.0 Å². The molecule has 29 heavy (non-hydrogen) atoms. The van der Waals surface area contributed by atoms with Gasteiger partial charge in [-0.25, -0.2) is 9.79 Å². The number of rotatable bonds is 2. The second-order valence-electron chi connectivity index (χ2n) is 6.81. The van der Waals surface area contributed by atoms with Gasteiger partial charge in [0.2, 0.25) is 0 Å². The highest BCUT2D eigenvalue weighted by Crippen LogP contribution is 2.40. The number of anilines is 1. The van der Waals surface area contributed by atoms with E-state index in [0.717, 1.165) is 33.8 Å². The average Bonchev–Trinajstić information content (AvgIpc) is 2.91. The molecule has 5 nitrogen and oxygen atoms in total. The van der Waals surface area contributed by atoms with Gasteiger partial charge in [0.25, 0.3) is 0 Å². The van der Waals surface area contributed by atoms with Crippen LogP contribution in [0.2, 0.25) is 5.02 Å². The van der Waals surface area contributed by atoms with Crippen molar-refractivity contribution in [1.29, 1.82) is 0 Å². The molecule has 0 bridgehead atoms. The maximum atomic E-state index is 12.5. The Balaban J connectivity index is 1.80. The minimum Gasteiger partial charge on any atom is -0.353 e. The number of hydrogen-bond acceptors (Lipinski definition) is 3. The summed E-state index contributed by atoms with van der Waals surface area (Å²) in [6, 6.07) is 24.5. The predicted molar refractivity (Wildman–Crippen MR) is 116 cm³/mol. The fourth-order valence-corrected chi connectivity index (χ4v) is 3.92. The highest BCUT2D eigenvalue weighted by molar-refractivity contribution is 6.31.